The largest absolute Gasteiger partial charge is 0.505 e. The highest BCUT2D eigenvalue weighted by Gasteiger charge is 2.16. The standard InChI is InChI=1S/C14H21FN2O/c1-2-5-16-6-8-17(9-7-16)11-12-3-4-14(18)13(15)10-12/h3-4,10,18H,2,5-9,11H2,1H3. The fraction of sp³-hybridized carbons (Fsp3) is 0.571. The Kier molecular flexibility index (Phi) is 4.55. The van der Waals surface area contributed by atoms with Crippen LogP contribution in [0.4, 0.5) is 4.39 Å². The molecule has 0 saturated carbocycles. The molecule has 0 unspecified atom stereocenters. The Labute approximate surface area is 108 Å². The van der Waals surface area contributed by atoms with Gasteiger partial charge in [0, 0.05) is 32.7 Å². The van der Waals surface area contributed by atoms with Crippen LogP contribution in [0.3, 0.4) is 0 Å². The molecule has 0 atom stereocenters. The summed E-state index contributed by atoms with van der Waals surface area (Å²) in [7, 11) is 0. The highest BCUT2D eigenvalue weighted by Crippen LogP contribution is 2.17. The van der Waals surface area contributed by atoms with Gasteiger partial charge in [0.05, 0.1) is 0 Å². The van der Waals surface area contributed by atoms with Gasteiger partial charge in [0.25, 0.3) is 0 Å². The number of phenols is 1. The number of phenolic OH excluding ortho intramolecular Hbond substituents is 1. The maximum atomic E-state index is 13.2. The molecule has 0 aliphatic carbocycles. The van der Waals surface area contributed by atoms with Crippen molar-refractivity contribution in [3.63, 3.8) is 0 Å². The van der Waals surface area contributed by atoms with E-state index in [0.29, 0.717) is 0 Å². The molecule has 1 aliphatic heterocycles. The lowest BCUT2D eigenvalue weighted by Gasteiger charge is -2.34. The molecule has 1 heterocycles. The van der Waals surface area contributed by atoms with Crippen LogP contribution >= 0.6 is 0 Å². The van der Waals surface area contributed by atoms with Crippen LogP contribution in [0, 0.1) is 5.82 Å². The Hall–Kier alpha value is -1.13. The lowest BCUT2D eigenvalue weighted by molar-refractivity contribution is 0.127. The molecule has 0 aromatic heterocycles. The van der Waals surface area contributed by atoms with Crippen molar-refractivity contribution in [2.24, 2.45) is 0 Å². The average molecular weight is 252 g/mol. The molecule has 18 heavy (non-hydrogen) atoms. The summed E-state index contributed by atoms with van der Waals surface area (Å²) in [6, 6.07) is 4.64. The normalized spacial score (nSPS) is 18.1. The minimum absolute atomic E-state index is 0.272. The van der Waals surface area contributed by atoms with E-state index in [2.05, 4.69) is 16.7 Å². The summed E-state index contributed by atoms with van der Waals surface area (Å²) in [6.45, 7) is 8.37. The number of piperazine rings is 1. The van der Waals surface area contributed by atoms with E-state index in [1.165, 1.54) is 25.1 Å². The van der Waals surface area contributed by atoms with E-state index in [0.717, 1.165) is 38.3 Å². The highest BCUT2D eigenvalue weighted by molar-refractivity contribution is 5.27. The molecule has 0 spiro atoms. The highest BCUT2D eigenvalue weighted by atomic mass is 19.1. The predicted octanol–water partition coefficient (Wildman–Crippen LogP) is 2.06. The fourth-order valence-corrected chi connectivity index (χ4v) is 2.39. The zero-order valence-corrected chi connectivity index (χ0v) is 10.9. The summed E-state index contributed by atoms with van der Waals surface area (Å²) >= 11 is 0. The van der Waals surface area contributed by atoms with E-state index in [1.807, 2.05) is 0 Å². The van der Waals surface area contributed by atoms with Gasteiger partial charge in [-0.1, -0.05) is 13.0 Å². The first-order valence-electron chi connectivity index (χ1n) is 6.61. The first kappa shape index (κ1) is 13.3. The van der Waals surface area contributed by atoms with E-state index in [4.69, 9.17) is 5.11 Å². The van der Waals surface area contributed by atoms with Gasteiger partial charge in [0.15, 0.2) is 11.6 Å². The molecule has 1 aromatic carbocycles. The molecule has 1 aliphatic rings. The third kappa shape index (κ3) is 3.43. The smallest absolute Gasteiger partial charge is 0.165 e. The molecular formula is C14H21FN2O. The molecule has 0 radical (unpaired) electrons. The van der Waals surface area contributed by atoms with E-state index in [9.17, 15) is 4.39 Å². The summed E-state index contributed by atoms with van der Waals surface area (Å²) in [5.74, 6) is -0.802. The first-order valence-corrected chi connectivity index (χ1v) is 6.61. The second kappa shape index (κ2) is 6.16. The van der Waals surface area contributed by atoms with Gasteiger partial charge in [0.1, 0.15) is 0 Å². The van der Waals surface area contributed by atoms with Crippen molar-refractivity contribution in [2.75, 3.05) is 32.7 Å². The molecule has 1 fully saturated rings. The zero-order chi connectivity index (χ0) is 13.0. The Morgan fingerprint density at radius 1 is 1.17 bits per heavy atom. The van der Waals surface area contributed by atoms with Crippen LogP contribution in [0.5, 0.6) is 5.75 Å². The second-order valence-electron chi connectivity index (χ2n) is 4.90. The van der Waals surface area contributed by atoms with Crippen LogP contribution in [0.2, 0.25) is 0 Å². The number of benzene rings is 1. The summed E-state index contributed by atoms with van der Waals surface area (Å²) in [5.41, 5.74) is 0.925. The number of nitrogens with zero attached hydrogens (tertiary/aromatic N) is 2. The summed E-state index contributed by atoms with van der Waals surface area (Å²) in [6.07, 6.45) is 1.20. The Morgan fingerprint density at radius 2 is 1.83 bits per heavy atom. The second-order valence-corrected chi connectivity index (χ2v) is 4.90. The Morgan fingerprint density at radius 3 is 2.44 bits per heavy atom. The van der Waals surface area contributed by atoms with Gasteiger partial charge < -0.3 is 10.0 Å². The minimum Gasteiger partial charge on any atom is -0.505 e. The lowest BCUT2D eigenvalue weighted by atomic mass is 10.2. The number of aromatic hydroxyl groups is 1. The monoisotopic (exact) mass is 252 g/mol. The number of hydrogen-bond acceptors (Lipinski definition) is 3. The Bertz CT molecular complexity index is 389. The molecule has 1 N–H and O–H groups in total. The van der Waals surface area contributed by atoms with E-state index in [1.54, 1.807) is 6.07 Å². The van der Waals surface area contributed by atoms with Crippen LogP contribution in [-0.2, 0) is 6.54 Å². The van der Waals surface area contributed by atoms with Crippen molar-refractivity contribution >= 4 is 0 Å². The summed E-state index contributed by atoms with van der Waals surface area (Å²) in [5, 5.41) is 9.15. The van der Waals surface area contributed by atoms with E-state index in [-0.39, 0.29) is 5.75 Å². The van der Waals surface area contributed by atoms with Gasteiger partial charge >= 0.3 is 0 Å². The van der Waals surface area contributed by atoms with Gasteiger partial charge in [-0.25, -0.2) is 4.39 Å². The van der Waals surface area contributed by atoms with Crippen LogP contribution in [-0.4, -0.2) is 47.6 Å². The molecule has 100 valence electrons. The van der Waals surface area contributed by atoms with Gasteiger partial charge in [0.2, 0.25) is 0 Å². The molecule has 4 heteroatoms. The SMILES string of the molecule is CCCN1CCN(Cc2ccc(O)c(F)c2)CC1. The predicted molar refractivity (Wildman–Crippen MR) is 70.1 cm³/mol. The van der Waals surface area contributed by atoms with Crippen molar-refractivity contribution in [1.82, 2.24) is 9.80 Å². The fourth-order valence-electron chi connectivity index (χ4n) is 2.39. The molecule has 2 rings (SSSR count). The quantitative estimate of drug-likeness (QED) is 0.888. The van der Waals surface area contributed by atoms with E-state index < -0.39 is 5.82 Å². The van der Waals surface area contributed by atoms with Crippen LogP contribution in [0.1, 0.15) is 18.9 Å². The number of rotatable bonds is 4. The van der Waals surface area contributed by atoms with Crippen LogP contribution in [0.25, 0.3) is 0 Å². The van der Waals surface area contributed by atoms with E-state index >= 15 is 0 Å². The van der Waals surface area contributed by atoms with Gasteiger partial charge in [-0.05, 0) is 30.7 Å². The van der Waals surface area contributed by atoms with Crippen LogP contribution in [0.15, 0.2) is 18.2 Å². The third-order valence-corrected chi connectivity index (χ3v) is 3.42. The lowest BCUT2D eigenvalue weighted by Crippen LogP contribution is -2.45. The van der Waals surface area contributed by atoms with Crippen molar-refractivity contribution < 1.29 is 9.50 Å². The van der Waals surface area contributed by atoms with Crippen molar-refractivity contribution in [2.45, 2.75) is 19.9 Å². The Balaban J connectivity index is 1.85. The van der Waals surface area contributed by atoms with Crippen molar-refractivity contribution in [3.05, 3.63) is 29.6 Å². The third-order valence-electron chi connectivity index (χ3n) is 3.42. The maximum Gasteiger partial charge on any atom is 0.165 e. The van der Waals surface area contributed by atoms with Gasteiger partial charge in [-0.2, -0.15) is 0 Å². The minimum atomic E-state index is -0.530. The van der Waals surface area contributed by atoms with Crippen LogP contribution < -0.4 is 0 Å². The van der Waals surface area contributed by atoms with Crippen molar-refractivity contribution in [3.8, 4) is 5.75 Å². The molecular weight excluding hydrogens is 231 g/mol. The molecule has 1 saturated heterocycles. The van der Waals surface area contributed by atoms with Crippen molar-refractivity contribution in [1.29, 1.82) is 0 Å². The molecule has 0 bridgehead atoms. The summed E-state index contributed by atoms with van der Waals surface area (Å²) in [4.78, 5) is 4.80. The average Bonchev–Trinajstić information content (AvgIpc) is 2.37. The van der Waals surface area contributed by atoms with Gasteiger partial charge in [-0.3, -0.25) is 4.90 Å². The summed E-state index contributed by atoms with van der Waals surface area (Å²) < 4.78 is 13.2. The molecule has 0 amide bonds. The molecule has 3 nitrogen and oxygen atoms in total. The maximum absolute atomic E-state index is 13.2. The number of halogens is 1. The topological polar surface area (TPSA) is 26.7 Å². The molecule has 1 aromatic rings. The number of hydrogen-bond donors (Lipinski definition) is 1. The zero-order valence-electron chi connectivity index (χ0n) is 10.9. The van der Waals surface area contributed by atoms with Gasteiger partial charge in [-0.15, -0.1) is 0 Å². The first-order chi connectivity index (χ1) is 8.69.